The molecule has 2 nitrogen and oxygen atoms in total. The predicted molar refractivity (Wildman–Crippen MR) is 84.8 cm³/mol. The lowest BCUT2D eigenvalue weighted by molar-refractivity contribution is 0.164. The second-order valence-corrected chi connectivity index (χ2v) is 6.30. The standard InChI is InChI=1S/C18H29NO/c1-15-7-6-8-16(13-15)11-12-19-18(14-20-2)17-9-4-3-5-10-17/h3-5,9-10,15-16,18-19H,6-8,11-14H2,1-2H3. The number of nitrogens with one attached hydrogen (secondary N) is 1. The van der Waals surface area contributed by atoms with E-state index in [2.05, 4.69) is 42.6 Å². The molecule has 0 heterocycles. The zero-order valence-electron chi connectivity index (χ0n) is 13.0. The van der Waals surface area contributed by atoms with E-state index in [4.69, 9.17) is 4.74 Å². The number of methoxy groups -OCH3 is 1. The van der Waals surface area contributed by atoms with Crippen LogP contribution in [-0.2, 0) is 4.74 Å². The zero-order valence-corrected chi connectivity index (χ0v) is 13.0. The molecule has 1 fully saturated rings. The molecular formula is C18H29NO. The third kappa shape index (κ3) is 4.92. The number of rotatable bonds is 7. The Hall–Kier alpha value is -0.860. The molecule has 1 aliphatic rings. The molecule has 3 atom stereocenters. The summed E-state index contributed by atoms with van der Waals surface area (Å²) >= 11 is 0. The Bertz CT molecular complexity index is 365. The van der Waals surface area contributed by atoms with Crippen LogP contribution in [0.3, 0.4) is 0 Å². The first kappa shape index (κ1) is 15.5. The van der Waals surface area contributed by atoms with Gasteiger partial charge in [-0.1, -0.05) is 56.5 Å². The van der Waals surface area contributed by atoms with E-state index in [-0.39, 0.29) is 0 Å². The van der Waals surface area contributed by atoms with Gasteiger partial charge in [0, 0.05) is 7.11 Å². The van der Waals surface area contributed by atoms with Crippen molar-refractivity contribution < 1.29 is 4.74 Å². The molecule has 0 aromatic heterocycles. The lowest BCUT2D eigenvalue weighted by Crippen LogP contribution is -2.28. The summed E-state index contributed by atoms with van der Waals surface area (Å²) in [7, 11) is 1.78. The molecule has 0 bridgehead atoms. The van der Waals surface area contributed by atoms with Crippen LogP contribution in [0.2, 0.25) is 0 Å². The molecule has 0 amide bonds. The largest absolute Gasteiger partial charge is 0.383 e. The van der Waals surface area contributed by atoms with Crippen molar-refractivity contribution in [2.45, 2.75) is 45.1 Å². The molecule has 2 rings (SSSR count). The molecule has 1 aliphatic carbocycles. The minimum absolute atomic E-state index is 0.321. The SMILES string of the molecule is COCC(NCCC1CCCC(C)C1)c1ccccc1. The summed E-state index contributed by atoms with van der Waals surface area (Å²) in [4.78, 5) is 0. The Balaban J connectivity index is 1.77. The van der Waals surface area contributed by atoms with Crippen LogP contribution in [0.4, 0.5) is 0 Å². The number of benzene rings is 1. The molecule has 1 aromatic carbocycles. The van der Waals surface area contributed by atoms with E-state index in [9.17, 15) is 0 Å². The molecule has 1 saturated carbocycles. The van der Waals surface area contributed by atoms with Gasteiger partial charge in [-0.2, -0.15) is 0 Å². The van der Waals surface area contributed by atoms with Crippen LogP contribution in [0.5, 0.6) is 0 Å². The average Bonchev–Trinajstić information content (AvgIpc) is 2.47. The van der Waals surface area contributed by atoms with Crippen molar-refractivity contribution in [2.24, 2.45) is 11.8 Å². The summed E-state index contributed by atoms with van der Waals surface area (Å²) < 4.78 is 5.36. The molecular weight excluding hydrogens is 246 g/mol. The van der Waals surface area contributed by atoms with Gasteiger partial charge in [0.25, 0.3) is 0 Å². The van der Waals surface area contributed by atoms with Crippen LogP contribution in [0, 0.1) is 11.8 Å². The lowest BCUT2D eigenvalue weighted by Gasteiger charge is -2.27. The molecule has 20 heavy (non-hydrogen) atoms. The zero-order chi connectivity index (χ0) is 14.2. The maximum absolute atomic E-state index is 5.36. The van der Waals surface area contributed by atoms with Crippen LogP contribution >= 0.6 is 0 Å². The Labute approximate surface area is 123 Å². The molecule has 112 valence electrons. The minimum atomic E-state index is 0.321. The normalized spacial score (nSPS) is 24.5. The van der Waals surface area contributed by atoms with Gasteiger partial charge in [0.05, 0.1) is 12.6 Å². The van der Waals surface area contributed by atoms with Gasteiger partial charge in [0.15, 0.2) is 0 Å². The highest BCUT2D eigenvalue weighted by atomic mass is 16.5. The van der Waals surface area contributed by atoms with Crippen LogP contribution in [0.15, 0.2) is 30.3 Å². The maximum atomic E-state index is 5.36. The fourth-order valence-corrected chi connectivity index (χ4v) is 3.41. The molecule has 1 aromatic rings. The van der Waals surface area contributed by atoms with E-state index in [0.717, 1.165) is 25.0 Å². The summed E-state index contributed by atoms with van der Waals surface area (Å²) in [5.41, 5.74) is 1.33. The predicted octanol–water partition coefficient (Wildman–Crippen LogP) is 4.18. The molecule has 1 N–H and O–H groups in total. The summed E-state index contributed by atoms with van der Waals surface area (Å²) in [6.07, 6.45) is 7.00. The quantitative estimate of drug-likeness (QED) is 0.806. The monoisotopic (exact) mass is 275 g/mol. The van der Waals surface area contributed by atoms with Gasteiger partial charge in [-0.05, 0) is 36.8 Å². The fraction of sp³-hybridized carbons (Fsp3) is 0.667. The van der Waals surface area contributed by atoms with Crippen molar-refractivity contribution in [2.75, 3.05) is 20.3 Å². The van der Waals surface area contributed by atoms with Crippen molar-refractivity contribution in [1.29, 1.82) is 0 Å². The highest BCUT2D eigenvalue weighted by Gasteiger charge is 2.19. The van der Waals surface area contributed by atoms with Crippen LogP contribution in [-0.4, -0.2) is 20.3 Å². The summed E-state index contributed by atoms with van der Waals surface area (Å²) in [6, 6.07) is 10.9. The first-order valence-electron chi connectivity index (χ1n) is 8.07. The number of hydrogen-bond donors (Lipinski definition) is 1. The van der Waals surface area contributed by atoms with Gasteiger partial charge in [-0.15, -0.1) is 0 Å². The Morgan fingerprint density at radius 1 is 1.25 bits per heavy atom. The highest BCUT2D eigenvalue weighted by Crippen LogP contribution is 2.30. The summed E-state index contributed by atoms with van der Waals surface area (Å²) in [5, 5.41) is 3.67. The number of ether oxygens (including phenoxy) is 1. The molecule has 0 aliphatic heterocycles. The van der Waals surface area contributed by atoms with Gasteiger partial charge in [0.1, 0.15) is 0 Å². The molecule has 0 spiro atoms. The number of hydrogen-bond acceptors (Lipinski definition) is 2. The molecule has 0 radical (unpaired) electrons. The molecule has 3 unspecified atom stereocenters. The van der Waals surface area contributed by atoms with E-state index in [0.29, 0.717) is 6.04 Å². The van der Waals surface area contributed by atoms with Gasteiger partial charge in [-0.3, -0.25) is 0 Å². The lowest BCUT2D eigenvalue weighted by atomic mass is 9.81. The first-order chi connectivity index (χ1) is 9.79. The van der Waals surface area contributed by atoms with Gasteiger partial charge >= 0.3 is 0 Å². The summed E-state index contributed by atoms with van der Waals surface area (Å²) in [5.74, 6) is 1.85. The van der Waals surface area contributed by atoms with Crippen molar-refractivity contribution >= 4 is 0 Å². The van der Waals surface area contributed by atoms with Crippen LogP contribution < -0.4 is 5.32 Å². The highest BCUT2D eigenvalue weighted by molar-refractivity contribution is 5.18. The Kier molecular flexibility index (Phi) is 6.55. The fourth-order valence-electron chi connectivity index (χ4n) is 3.41. The topological polar surface area (TPSA) is 21.3 Å². The van der Waals surface area contributed by atoms with Crippen LogP contribution in [0.25, 0.3) is 0 Å². The van der Waals surface area contributed by atoms with E-state index in [1.165, 1.54) is 37.7 Å². The van der Waals surface area contributed by atoms with Crippen molar-refractivity contribution in [3.63, 3.8) is 0 Å². The van der Waals surface area contributed by atoms with E-state index >= 15 is 0 Å². The molecule has 0 saturated heterocycles. The Morgan fingerprint density at radius 2 is 2.05 bits per heavy atom. The average molecular weight is 275 g/mol. The third-order valence-electron chi connectivity index (χ3n) is 4.52. The van der Waals surface area contributed by atoms with Crippen LogP contribution in [0.1, 0.15) is 50.6 Å². The second kappa shape index (κ2) is 8.43. The summed E-state index contributed by atoms with van der Waals surface area (Å²) in [6.45, 7) is 4.24. The minimum Gasteiger partial charge on any atom is -0.383 e. The smallest absolute Gasteiger partial charge is 0.0657 e. The molecule has 2 heteroatoms. The van der Waals surface area contributed by atoms with Gasteiger partial charge < -0.3 is 10.1 Å². The van der Waals surface area contributed by atoms with E-state index in [1.807, 2.05) is 0 Å². The van der Waals surface area contributed by atoms with Crippen molar-refractivity contribution in [3.8, 4) is 0 Å². The third-order valence-corrected chi connectivity index (χ3v) is 4.52. The van der Waals surface area contributed by atoms with Crippen molar-refractivity contribution in [3.05, 3.63) is 35.9 Å². The second-order valence-electron chi connectivity index (χ2n) is 6.30. The van der Waals surface area contributed by atoms with E-state index < -0.39 is 0 Å². The Morgan fingerprint density at radius 3 is 2.75 bits per heavy atom. The van der Waals surface area contributed by atoms with Crippen molar-refractivity contribution in [1.82, 2.24) is 5.32 Å². The maximum Gasteiger partial charge on any atom is 0.0657 e. The van der Waals surface area contributed by atoms with Gasteiger partial charge in [-0.25, -0.2) is 0 Å². The first-order valence-corrected chi connectivity index (χ1v) is 8.07. The van der Waals surface area contributed by atoms with Gasteiger partial charge in [0.2, 0.25) is 0 Å². The van der Waals surface area contributed by atoms with E-state index in [1.54, 1.807) is 7.11 Å².